The Balaban J connectivity index is 2.32. The smallest absolute Gasteiger partial charge is 0.0675 e. The number of rotatable bonds is 4. The summed E-state index contributed by atoms with van der Waals surface area (Å²) >= 11 is 0. The van der Waals surface area contributed by atoms with Crippen LogP contribution in [0.3, 0.4) is 0 Å². The highest BCUT2D eigenvalue weighted by atomic mass is 31.1. The second-order valence-electron chi connectivity index (χ2n) is 2.81. The summed E-state index contributed by atoms with van der Waals surface area (Å²) in [7, 11) is 0.457. The van der Waals surface area contributed by atoms with Gasteiger partial charge in [0.25, 0.3) is 0 Å². The van der Waals surface area contributed by atoms with E-state index >= 15 is 0 Å². The Bertz CT molecular complexity index is 208. The third-order valence-electron chi connectivity index (χ3n) is 1.84. The number of nitrogens with zero attached hydrogens (tertiary/aromatic N) is 2. The second kappa shape index (κ2) is 4.50. The monoisotopic (exact) mass is 170 g/mol. The summed E-state index contributed by atoms with van der Waals surface area (Å²) in [6, 6.07) is 0. The van der Waals surface area contributed by atoms with Crippen molar-refractivity contribution in [3.05, 3.63) is 11.4 Å². The lowest BCUT2D eigenvalue weighted by atomic mass is 10.1. The largest absolute Gasteiger partial charge is 0.225 e. The van der Waals surface area contributed by atoms with Crippen LogP contribution in [0.25, 0.3) is 0 Å². The van der Waals surface area contributed by atoms with E-state index in [0.717, 1.165) is 6.42 Å². The van der Waals surface area contributed by atoms with E-state index in [-0.39, 0.29) is 0 Å². The molecule has 11 heavy (non-hydrogen) atoms. The van der Waals surface area contributed by atoms with Crippen molar-refractivity contribution in [3.8, 4) is 0 Å². The first-order valence-corrected chi connectivity index (χ1v) is 5.10. The topological polar surface area (TPSA) is 25.8 Å². The van der Waals surface area contributed by atoms with Gasteiger partial charge in [-0.1, -0.05) is 19.8 Å². The molecule has 0 spiro atoms. The van der Waals surface area contributed by atoms with Crippen LogP contribution in [-0.2, 0) is 6.42 Å². The maximum Gasteiger partial charge on any atom is 0.0675 e. The third kappa shape index (κ3) is 2.63. The second-order valence-corrected chi connectivity index (χ2v) is 3.46. The molecule has 1 rings (SSSR count). The molecule has 0 amide bonds. The zero-order valence-corrected chi connectivity index (χ0v) is 8.22. The molecule has 0 aromatic carbocycles. The van der Waals surface area contributed by atoms with Crippen molar-refractivity contribution in [1.29, 1.82) is 0 Å². The number of unbranched alkanes of at least 4 members (excludes halogenated alkanes) is 2. The summed E-state index contributed by atoms with van der Waals surface area (Å²) in [5.41, 5.74) is 2.41. The van der Waals surface area contributed by atoms with Crippen molar-refractivity contribution < 1.29 is 0 Å². The molecule has 3 heteroatoms. The number of hydrogen-bond acceptors (Lipinski definition) is 2. The van der Waals surface area contributed by atoms with Gasteiger partial charge >= 0.3 is 0 Å². The molecular weight excluding hydrogens is 155 g/mol. The van der Waals surface area contributed by atoms with Gasteiger partial charge in [0.05, 0.1) is 19.9 Å². The first-order chi connectivity index (χ1) is 5.34. The number of aromatic nitrogens is 2. The van der Waals surface area contributed by atoms with Crippen LogP contribution in [0.15, 0.2) is 0 Å². The van der Waals surface area contributed by atoms with Gasteiger partial charge < -0.3 is 0 Å². The summed E-state index contributed by atoms with van der Waals surface area (Å²) in [4.78, 5) is 0. The molecule has 0 aliphatic rings. The van der Waals surface area contributed by atoms with Crippen LogP contribution in [0.5, 0.6) is 0 Å². The van der Waals surface area contributed by atoms with E-state index in [1.807, 2.05) is 0 Å². The molecule has 0 aliphatic heterocycles. The van der Waals surface area contributed by atoms with Crippen molar-refractivity contribution in [2.75, 3.05) is 0 Å². The molecule has 1 atom stereocenters. The molecule has 1 heterocycles. The van der Waals surface area contributed by atoms with E-state index in [2.05, 4.69) is 23.3 Å². The predicted octanol–water partition coefficient (Wildman–Crippen LogP) is 2.55. The average molecular weight is 170 g/mol. The highest BCUT2D eigenvalue weighted by molar-refractivity contribution is 7.20. The van der Waals surface area contributed by atoms with Gasteiger partial charge in [-0.05, 0) is 19.8 Å². The Morgan fingerprint density at radius 3 is 2.64 bits per heavy atom. The Morgan fingerprint density at radius 1 is 1.27 bits per heavy atom. The quantitative estimate of drug-likeness (QED) is 0.649. The van der Waals surface area contributed by atoms with E-state index in [1.54, 1.807) is 0 Å². The van der Waals surface area contributed by atoms with Gasteiger partial charge in [-0.3, -0.25) is 0 Å². The van der Waals surface area contributed by atoms with Crippen molar-refractivity contribution in [3.63, 3.8) is 0 Å². The molecule has 0 saturated carbocycles. The summed E-state index contributed by atoms with van der Waals surface area (Å²) in [5.74, 6) is 0. The standard InChI is InChI=1S/C8H15N2P/c1-3-4-5-6-8-7(2)9-11-10-8/h11H,3-6H2,1-2H3. The van der Waals surface area contributed by atoms with Gasteiger partial charge in [-0.2, -0.15) is 0 Å². The van der Waals surface area contributed by atoms with Crippen LogP contribution in [0.4, 0.5) is 0 Å². The normalized spacial score (nSPS) is 11.1. The molecule has 1 unspecified atom stereocenters. The Hall–Kier alpha value is -0.360. The van der Waals surface area contributed by atoms with Gasteiger partial charge in [0.15, 0.2) is 0 Å². The van der Waals surface area contributed by atoms with E-state index in [4.69, 9.17) is 0 Å². The van der Waals surface area contributed by atoms with E-state index in [9.17, 15) is 0 Å². The fourth-order valence-corrected chi connectivity index (χ4v) is 1.81. The molecule has 0 bridgehead atoms. The summed E-state index contributed by atoms with van der Waals surface area (Å²) in [6.07, 6.45) is 5.00. The van der Waals surface area contributed by atoms with Crippen molar-refractivity contribution in [2.24, 2.45) is 0 Å². The zero-order valence-electron chi connectivity index (χ0n) is 7.22. The summed E-state index contributed by atoms with van der Waals surface area (Å²) in [6.45, 7) is 4.28. The van der Waals surface area contributed by atoms with Gasteiger partial charge in [0, 0.05) is 0 Å². The number of aryl methyl sites for hydroxylation is 2. The lowest BCUT2D eigenvalue weighted by Crippen LogP contribution is -1.87. The minimum Gasteiger partial charge on any atom is -0.225 e. The molecule has 0 radical (unpaired) electrons. The van der Waals surface area contributed by atoms with Crippen molar-refractivity contribution in [2.45, 2.75) is 39.5 Å². The molecule has 62 valence electrons. The molecule has 1 aromatic heterocycles. The molecule has 0 N–H and O–H groups in total. The summed E-state index contributed by atoms with van der Waals surface area (Å²) in [5, 5.41) is 0. The lowest BCUT2D eigenvalue weighted by Gasteiger charge is -1.95. The van der Waals surface area contributed by atoms with E-state index < -0.39 is 0 Å². The van der Waals surface area contributed by atoms with Crippen LogP contribution in [0, 0.1) is 6.92 Å². The maximum absolute atomic E-state index is 4.33. The molecule has 0 saturated heterocycles. The fraction of sp³-hybridized carbons (Fsp3) is 0.750. The Labute approximate surface area is 69.7 Å². The molecule has 1 aromatic rings. The van der Waals surface area contributed by atoms with E-state index in [0.29, 0.717) is 8.51 Å². The number of hydrogen-bond donors (Lipinski definition) is 0. The van der Waals surface area contributed by atoms with Gasteiger partial charge in [-0.25, -0.2) is 9.49 Å². The molecular formula is C8H15N2P. The molecule has 2 nitrogen and oxygen atoms in total. The van der Waals surface area contributed by atoms with Crippen LogP contribution < -0.4 is 0 Å². The zero-order chi connectivity index (χ0) is 8.10. The third-order valence-corrected chi connectivity index (χ3v) is 2.64. The first-order valence-electron chi connectivity index (χ1n) is 4.21. The lowest BCUT2D eigenvalue weighted by molar-refractivity contribution is 0.708. The molecule has 0 fully saturated rings. The predicted molar refractivity (Wildman–Crippen MR) is 49.5 cm³/mol. The van der Waals surface area contributed by atoms with Crippen LogP contribution >= 0.6 is 8.51 Å². The minimum atomic E-state index is 0.457. The highest BCUT2D eigenvalue weighted by Crippen LogP contribution is 2.10. The van der Waals surface area contributed by atoms with Gasteiger partial charge in [0.2, 0.25) is 0 Å². The maximum atomic E-state index is 4.33. The van der Waals surface area contributed by atoms with Crippen molar-refractivity contribution >= 4 is 8.51 Å². The minimum absolute atomic E-state index is 0.457. The van der Waals surface area contributed by atoms with Crippen LogP contribution in [-0.4, -0.2) is 9.49 Å². The molecule has 0 aliphatic carbocycles. The van der Waals surface area contributed by atoms with E-state index in [1.165, 1.54) is 30.7 Å². The van der Waals surface area contributed by atoms with Crippen molar-refractivity contribution in [1.82, 2.24) is 9.49 Å². The van der Waals surface area contributed by atoms with Crippen LogP contribution in [0.2, 0.25) is 0 Å². The highest BCUT2D eigenvalue weighted by Gasteiger charge is 1.99. The Kier molecular flexibility index (Phi) is 3.58. The average Bonchev–Trinajstić information content (AvgIpc) is 2.37. The summed E-state index contributed by atoms with van der Waals surface area (Å²) < 4.78 is 8.57. The SMILES string of the molecule is CCCCCc1n[pH]nc1C. The van der Waals surface area contributed by atoms with Gasteiger partial charge in [0.1, 0.15) is 0 Å². The van der Waals surface area contributed by atoms with Crippen LogP contribution in [0.1, 0.15) is 37.6 Å². The fourth-order valence-electron chi connectivity index (χ4n) is 1.09. The Morgan fingerprint density at radius 2 is 2.09 bits per heavy atom. The first kappa shape index (κ1) is 8.73. The van der Waals surface area contributed by atoms with Gasteiger partial charge in [-0.15, -0.1) is 0 Å².